The number of hydrogen-bond acceptors (Lipinski definition) is 6. The molecule has 0 spiro atoms. The van der Waals surface area contributed by atoms with Crippen LogP contribution in [0.2, 0.25) is 0 Å². The summed E-state index contributed by atoms with van der Waals surface area (Å²) in [6.07, 6.45) is 1.59. The Morgan fingerprint density at radius 3 is 2.65 bits per heavy atom. The van der Waals surface area contributed by atoms with Gasteiger partial charge in [-0.2, -0.15) is 0 Å². The predicted molar refractivity (Wildman–Crippen MR) is 74.0 cm³/mol. The second-order valence-electron chi connectivity index (χ2n) is 3.69. The maximum absolute atomic E-state index is 10.6. The van der Waals surface area contributed by atoms with Crippen molar-refractivity contribution in [2.75, 3.05) is 0 Å². The van der Waals surface area contributed by atoms with E-state index in [9.17, 15) is 10.1 Å². The number of nitro benzene ring substituents is 1. The quantitative estimate of drug-likeness (QED) is 0.293. The molecule has 1 aromatic heterocycles. The monoisotopic (exact) mass is 290 g/mol. The molecule has 0 aliphatic heterocycles. The Morgan fingerprint density at radius 2 is 2.05 bits per heavy atom. The van der Waals surface area contributed by atoms with Crippen LogP contribution in [0.5, 0.6) is 0 Å². The van der Waals surface area contributed by atoms with E-state index in [1.165, 1.54) is 23.9 Å². The molecule has 20 heavy (non-hydrogen) atoms. The highest BCUT2D eigenvalue weighted by Gasteiger charge is 2.10. The van der Waals surface area contributed by atoms with Gasteiger partial charge in [-0.15, -0.1) is 0 Å². The lowest BCUT2D eigenvalue weighted by Crippen LogP contribution is -2.14. The van der Waals surface area contributed by atoms with Crippen molar-refractivity contribution in [1.82, 2.24) is 4.98 Å². The highest BCUT2D eigenvalue weighted by Crippen LogP contribution is 2.29. The van der Waals surface area contributed by atoms with Gasteiger partial charge in [0.1, 0.15) is 5.03 Å². The van der Waals surface area contributed by atoms with Crippen molar-refractivity contribution in [3.63, 3.8) is 0 Å². The van der Waals surface area contributed by atoms with Crippen LogP contribution in [0.4, 0.5) is 5.69 Å². The van der Waals surface area contributed by atoms with Gasteiger partial charge in [-0.05, 0) is 24.3 Å². The zero-order valence-electron chi connectivity index (χ0n) is 10.1. The third-order valence-corrected chi connectivity index (χ3v) is 3.44. The minimum atomic E-state index is -0.461. The van der Waals surface area contributed by atoms with Crippen LogP contribution in [0.25, 0.3) is 0 Å². The fraction of sp³-hybridized carbons (Fsp3) is 0. The van der Waals surface area contributed by atoms with Crippen LogP contribution < -0.4 is 5.73 Å². The van der Waals surface area contributed by atoms with E-state index in [0.717, 1.165) is 4.90 Å². The normalized spacial score (nSPS) is 11.3. The summed E-state index contributed by atoms with van der Waals surface area (Å²) in [4.78, 5) is 15.0. The van der Waals surface area contributed by atoms with Gasteiger partial charge in [-0.25, -0.2) is 4.98 Å². The van der Waals surface area contributed by atoms with Crippen molar-refractivity contribution in [2.24, 2.45) is 10.9 Å². The second kappa shape index (κ2) is 6.02. The maximum atomic E-state index is 10.6. The van der Waals surface area contributed by atoms with Crippen molar-refractivity contribution in [1.29, 1.82) is 0 Å². The fourth-order valence-electron chi connectivity index (χ4n) is 1.47. The molecule has 102 valence electrons. The van der Waals surface area contributed by atoms with Crippen molar-refractivity contribution < 1.29 is 10.1 Å². The lowest BCUT2D eigenvalue weighted by Gasteiger charge is -2.06. The molecule has 0 saturated carbocycles. The van der Waals surface area contributed by atoms with Gasteiger partial charge >= 0.3 is 0 Å². The molecule has 0 aliphatic rings. The van der Waals surface area contributed by atoms with Crippen LogP contribution in [0.15, 0.2) is 57.7 Å². The molecule has 0 unspecified atom stereocenters. The Hall–Kier alpha value is -2.61. The van der Waals surface area contributed by atoms with Gasteiger partial charge in [-0.1, -0.05) is 16.9 Å². The number of benzene rings is 1. The topological polar surface area (TPSA) is 115 Å². The smallest absolute Gasteiger partial charge is 0.269 e. The number of pyridine rings is 1. The number of nitrogens with zero attached hydrogens (tertiary/aromatic N) is 3. The number of amidine groups is 1. The van der Waals surface area contributed by atoms with Gasteiger partial charge in [0.25, 0.3) is 5.69 Å². The highest BCUT2D eigenvalue weighted by molar-refractivity contribution is 7.99. The average molecular weight is 290 g/mol. The standard InChI is InChI=1S/C12H10N4O3S/c13-11(15-17)10-2-1-7-14-12(10)20-9-5-3-8(4-6-9)16(18)19/h1-7,17H,(H2,13,15). The average Bonchev–Trinajstić information content (AvgIpc) is 2.47. The van der Waals surface area contributed by atoms with Crippen molar-refractivity contribution in [3.8, 4) is 0 Å². The molecule has 7 nitrogen and oxygen atoms in total. The Labute approximate surface area is 118 Å². The summed E-state index contributed by atoms with van der Waals surface area (Å²) in [5, 5.41) is 22.8. The number of nitro groups is 1. The summed E-state index contributed by atoms with van der Waals surface area (Å²) in [7, 11) is 0. The van der Waals surface area contributed by atoms with Crippen LogP contribution in [0, 0.1) is 10.1 Å². The number of hydrogen-bond donors (Lipinski definition) is 2. The van der Waals surface area contributed by atoms with Crippen molar-refractivity contribution in [3.05, 3.63) is 58.3 Å². The molecular formula is C12H10N4O3S. The summed E-state index contributed by atoms with van der Waals surface area (Å²) >= 11 is 1.27. The van der Waals surface area contributed by atoms with Crippen LogP contribution in [0.1, 0.15) is 5.56 Å². The van der Waals surface area contributed by atoms with Gasteiger partial charge in [0.05, 0.1) is 10.5 Å². The lowest BCUT2D eigenvalue weighted by atomic mass is 10.3. The van der Waals surface area contributed by atoms with Crippen LogP contribution in [0.3, 0.4) is 0 Å². The first kappa shape index (κ1) is 13.8. The van der Waals surface area contributed by atoms with Crippen LogP contribution >= 0.6 is 11.8 Å². The van der Waals surface area contributed by atoms with Gasteiger partial charge < -0.3 is 10.9 Å². The minimum absolute atomic E-state index is 0.0204. The molecule has 1 heterocycles. The first-order valence-corrected chi connectivity index (χ1v) is 6.28. The predicted octanol–water partition coefficient (Wildman–Crippen LogP) is 2.24. The minimum Gasteiger partial charge on any atom is -0.409 e. The molecule has 0 radical (unpaired) electrons. The van der Waals surface area contributed by atoms with Gasteiger partial charge in [-0.3, -0.25) is 10.1 Å². The van der Waals surface area contributed by atoms with Gasteiger partial charge in [0.2, 0.25) is 0 Å². The molecule has 8 heteroatoms. The summed E-state index contributed by atoms with van der Waals surface area (Å²) in [5.74, 6) is -0.0393. The molecule has 0 amide bonds. The third kappa shape index (κ3) is 3.04. The molecule has 3 N–H and O–H groups in total. The summed E-state index contributed by atoms with van der Waals surface area (Å²) in [6.45, 7) is 0. The number of non-ortho nitro benzene ring substituents is 1. The van der Waals surface area contributed by atoms with E-state index in [1.807, 2.05) is 0 Å². The third-order valence-electron chi connectivity index (χ3n) is 2.42. The van der Waals surface area contributed by atoms with E-state index in [0.29, 0.717) is 10.6 Å². The maximum Gasteiger partial charge on any atom is 0.269 e. The molecule has 0 fully saturated rings. The Kier molecular flexibility index (Phi) is 4.16. The zero-order chi connectivity index (χ0) is 14.5. The lowest BCUT2D eigenvalue weighted by molar-refractivity contribution is -0.384. The summed E-state index contributed by atoms with van der Waals surface area (Å²) in [6, 6.07) is 9.41. The number of rotatable bonds is 4. The van der Waals surface area contributed by atoms with E-state index in [4.69, 9.17) is 10.9 Å². The molecule has 0 saturated heterocycles. The molecule has 2 rings (SSSR count). The van der Waals surface area contributed by atoms with E-state index in [1.54, 1.807) is 30.5 Å². The first-order valence-electron chi connectivity index (χ1n) is 5.47. The second-order valence-corrected chi connectivity index (χ2v) is 4.76. The van der Waals surface area contributed by atoms with Crippen molar-refractivity contribution >= 4 is 23.3 Å². The van der Waals surface area contributed by atoms with E-state index in [-0.39, 0.29) is 11.5 Å². The Bertz CT molecular complexity index is 658. The van der Waals surface area contributed by atoms with E-state index >= 15 is 0 Å². The molecule has 0 atom stereocenters. The van der Waals surface area contributed by atoms with Gasteiger partial charge in [0, 0.05) is 23.2 Å². The van der Waals surface area contributed by atoms with E-state index in [2.05, 4.69) is 10.1 Å². The molecule has 1 aromatic carbocycles. The number of oxime groups is 1. The summed E-state index contributed by atoms with van der Waals surface area (Å²) < 4.78 is 0. The fourth-order valence-corrected chi connectivity index (χ4v) is 2.36. The molecule has 0 aliphatic carbocycles. The molecular weight excluding hydrogens is 280 g/mol. The van der Waals surface area contributed by atoms with Crippen molar-refractivity contribution in [2.45, 2.75) is 9.92 Å². The zero-order valence-corrected chi connectivity index (χ0v) is 10.9. The van der Waals surface area contributed by atoms with Crippen LogP contribution in [-0.2, 0) is 0 Å². The highest BCUT2D eigenvalue weighted by atomic mass is 32.2. The van der Waals surface area contributed by atoms with Crippen LogP contribution in [-0.4, -0.2) is 21.0 Å². The molecule has 0 bridgehead atoms. The first-order chi connectivity index (χ1) is 9.61. The summed E-state index contributed by atoms with van der Waals surface area (Å²) in [5.41, 5.74) is 6.09. The Balaban J connectivity index is 2.28. The van der Waals surface area contributed by atoms with Gasteiger partial charge in [0.15, 0.2) is 5.84 Å². The Morgan fingerprint density at radius 1 is 1.35 bits per heavy atom. The number of nitrogens with two attached hydrogens (primary N) is 1. The van der Waals surface area contributed by atoms with E-state index < -0.39 is 4.92 Å². The largest absolute Gasteiger partial charge is 0.409 e. The number of aromatic nitrogens is 1. The SMILES string of the molecule is N/C(=N\O)c1cccnc1Sc1ccc([N+](=O)[O-])cc1. The molecule has 2 aromatic rings.